The Morgan fingerprint density at radius 3 is 2.58 bits per heavy atom. The average Bonchev–Trinajstić information content (AvgIpc) is 2.01. The van der Waals surface area contributed by atoms with Gasteiger partial charge in [0.2, 0.25) is 0 Å². The Morgan fingerprint density at radius 1 is 1.42 bits per heavy atom. The monoisotopic (exact) mass is 184 g/mol. The summed E-state index contributed by atoms with van der Waals surface area (Å²) >= 11 is 0. The molecule has 0 amide bonds. The predicted octanol–water partition coefficient (Wildman–Crippen LogP) is 2.84. The van der Waals surface area contributed by atoms with Crippen LogP contribution in [0.2, 0.25) is 0 Å². The van der Waals surface area contributed by atoms with E-state index in [2.05, 4.69) is 23.1 Å². The first kappa shape index (κ1) is 9.67. The van der Waals surface area contributed by atoms with Crippen molar-refractivity contribution in [3.8, 4) is 0 Å². The standard InChI is InChI=1S/C10H14FP/c1-3-7(2)8-4-9(11)6-10(12)5-8/h4-7H,3,12H2,1-2H3. The molecule has 0 radical (unpaired) electrons. The molecule has 1 aromatic rings. The summed E-state index contributed by atoms with van der Waals surface area (Å²) in [4.78, 5) is 0. The molecule has 66 valence electrons. The quantitative estimate of drug-likeness (QED) is 0.620. The van der Waals surface area contributed by atoms with Crippen molar-refractivity contribution in [1.29, 1.82) is 0 Å². The fraction of sp³-hybridized carbons (Fsp3) is 0.400. The summed E-state index contributed by atoms with van der Waals surface area (Å²) in [6.07, 6.45) is 1.05. The number of hydrogen-bond acceptors (Lipinski definition) is 0. The van der Waals surface area contributed by atoms with Crippen LogP contribution in [0.1, 0.15) is 31.7 Å². The van der Waals surface area contributed by atoms with Gasteiger partial charge in [-0.2, -0.15) is 0 Å². The Hall–Kier alpha value is -0.420. The normalized spacial score (nSPS) is 13.0. The molecule has 0 aliphatic heterocycles. The van der Waals surface area contributed by atoms with Gasteiger partial charge in [0.15, 0.2) is 0 Å². The van der Waals surface area contributed by atoms with Crippen molar-refractivity contribution in [2.75, 3.05) is 0 Å². The van der Waals surface area contributed by atoms with Gasteiger partial charge in [-0.25, -0.2) is 4.39 Å². The maximum atomic E-state index is 12.9. The predicted molar refractivity (Wildman–Crippen MR) is 54.5 cm³/mol. The van der Waals surface area contributed by atoms with Gasteiger partial charge >= 0.3 is 0 Å². The molecule has 0 fully saturated rings. The van der Waals surface area contributed by atoms with Crippen molar-refractivity contribution >= 4 is 14.5 Å². The first-order valence-electron chi connectivity index (χ1n) is 4.19. The molecule has 2 heteroatoms. The van der Waals surface area contributed by atoms with Crippen LogP contribution in [0.25, 0.3) is 0 Å². The van der Waals surface area contributed by atoms with Crippen LogP contribution in [0, 0.1) is 5.82 Å². The van der Waals surface area contributed by atoms with Crippen LogP contribution in [0.3, 0.4) is 0 Å². The van der Waals surface area contributed by atoms with Gasteiger partial charge in [0.05, 0.1) is 0 Å². The largest absolute Gasteiger partial charge is 0.207 e. The summed E-state index contributed by atoms with van der Waals surface area (Å²) in [6.45, 7) is 4.22. The Morgan fingerprint density at radius 2 is 2.08 bits per heavy atom. The SMILES string of the molecule is CCC(C)c1cc(F)cc(P)c1. The summed E-state index contributed by atoms with van der Waals surface area (Å²) in [5.41, 5.74) is 1.09. The molecule has 0 bridgehead atoms. The third-order valence-corrected chi connectivity index (χ3v) is 2.46. The van der Waals surface area contributed by atoms with E-state index in [0.29, 0.717) is 5.92 Å². The average molecular weight is 184 g/mol. The molecule has 0 aliphatic rings. The first-order chi connectivity index (χ1) is 5.63. The van der Waals surface area contributed by atoms with Gasteiger partial charge in [-0.15, -0.1) is 9.24 Å². The molecule has 0 N–H and O–H groups in total. The maximum Gasteiger partial charge on any atom is 0.124 e. The minimum Gasteiger partial charge on any atom is -0.207 e. The molecule has 2 atom stereocenters. The van der Waals surface area contributed by atoms with Gasteiger partial charge < -0.3 is 0 Å². The summed E-state index contributed by atoms with van der Waals surface area (Å²) < 4.78 is 12.9. The summed E-state index contributed by atoms with van der Waals surface area (Å²) in [6, 6.07) is 5.15. The van der Waals surface area contributed by atoms with Crippen molar-refractivity contribution < 1.29 is 4.39 Å². The Bertz CT molecular complexity index is 250. The maximum absolute atomic E-state index is 12.9. The second-order valence-electron chi connectivity index (χ2n) is 3.13. The van der Waals surface area contributed by atoms with E-state index in [9.17, 15) is 4.39 Å². The zero-order valence-corrected chi connectivity index (χ0v) is 8.63. The van der Waals surface area contributed by atoms with Gasteiger partial charge in [-0.3, -0.25) is 0 Å². The molecule has 0 spiro atoms. The molecule has 12 heavy (non-hydrogen) atoms. The van der Waals surface area contributed by atoms with Crippen LogP contribution >= 0.6 is 9.24 Å². The van der Waals surface area contributed by atoms with Crippen molar-refractivity contribution in [1.82, 2.24) is 0 Å². The molecular formula is C10H14FP. The van der Waals surface area contributed by atoms with Gasteiger partial charge in [0.25, 0.3) is 0 Å². The minimum absolute atomic E-state index is 0.141. The molecule has 0 aromatic heterocycles. The van der Waals surface area contributed by atoms with Crippen LogP contribution < -0.4 is 5.30 Å². The Kier molecular flexibility index (Phi) is 3.22. The molecule has 0 aliphatic carbocycles. The number of rotatable bonds is 2. The molecule has 0 nitrogen and oxygen atoms in total. The lowest BCUT2D eigenvalue weighted by molar-refractivity contribution is 0.621. The lowest BCUT2D eigenvalue weighted by atomic mass is 9.99. The van der Waals surface area contributed by atoms with Crippen LogP contribution in [0.15, 0.2) is 18.2 Å². The highest BCUT2D eigenvalue weighted by atomic mass is 31.0. The zero-order valence-electron chi connectivity index (χ0n) is 7.47. The lowest BCUT2D eigenvalue weighted by Gasteiger charge is -2.09. The molecule has 1 aromatic carbocycles. The highest BCUT2D eigenvalue weighted by Gasteiger charge is 2.04. The van der Waals surface area contributed by atoms with Crippen LogP contribution in [-0.2, 0) is 0 Å². The molecule has 0 saturated carbocycles. The summed E-state index contributed by atoms with van der Waals surface area (Å²) in [7, 11) is 2.52. The van der Waals surface area contributed by atoms with Crippen LogP contribution in [0.4, 0.5) is 4.39 Å². The van der Waals surface area contributed by atoms with Crippen molar-refractivity contribution in [3.05, 3.63) is 29.6 Å². The third kappa shape index (κ3) is 2.28. The molecule has 2 unspecified atom stereocenters. The topological polar surface area (TPSA) is 0 Å². The minimum atomic E-state index is -0.141. The first-order valence-corrected chi connectivity index (χ1v) is 4.77. The van der Waals surface area contributed by atoms with E-state index >= 15 is 0 Å². The van der Waals surface area contributed by atoms with E-state index in [4.69, 9.17) is 0 Å². The molecule has 1 rings (SSSR count). The summed E-state index contributed by atoms with van der Waals surface area (Å²) in [5.74, 6) is 0.304. The van der Waals surface area contributed by atoms with E-state index in [1.54, 1.807) is 6.07 Å². The highest BCUT2D eigenvalue weighted by molar-refractivity contribution is 7.27. The second kappa shape index (κ2) is 4.00. The molecule has 0 saturated heterocycles. The summed E-state index contributed by atoms with van der Waals surface area (Å²) in [5, 5.41) is 0.922. The third-order valence-electron chi connectivity index (χ3n) is 2.12. The van der Waals surface area contributed by atoms with E-state index < -0.39 is 0 Å². The Labute approximate surface area is 75.4 Å². The fourth-order valence-corrected chi connectivity index (χ4v) is 1.51. The van der Waals surface area contributed by atoms with Gasteiger partial charge in [0, 0.05) is 0 Å². The van der Waals surface area contributed by atoms with E-state index in [0.717, 1.165) is 17.3 Å². The zero-order chi connectivity index (χ0) is 9.14. The van der Waals surface area contributed by atoms with Crippen LogP contribution in [0.5, 0.6) is 0 Å². The van der Waals surface area contributed by atoms with Crippen molar-refractivity contribution in [3.63, 3.8) is 0 Å². The number of hydrogen-bond donors (Lipinski definition) is 0. The lowest BCUT2D eigenvalue weighted by Crippen LogP contribution is -1.99. The number of benzene rings is 1. The number of halogens is 1. The van der Waals surface area contributed by atoms with E-state index in [1.807, 2.05) is 6.07 Å². The van der Waals surface area contributed by atoms with E-state index in [-0.39, 0.29) is 5.82 Å². The van der Waals surface area contributed by atoms with Crippen molar-refractivity contribution in [2.24, 2.45) is 0 Å². The van der Waals surface area contributed by atoms with Gasteiger partial charge in [0.1, 0.15) is 5.82 Å². The molecular weight excluding hydrogens is 170 g/mol. The van der Waals surface area contributed by atoms with Crippen LogP contribution in [-0.4, -0.2) is 0 Å². The van der Waals surface area contributed by atoms with Gasteiger partial charge in [-0.05, 0) is 35.3 Å². The Balaban J connectivity index is 3.00. The molecule has 0 heterocycles. The smallest absolute Gasteiger partial charge is 0.124 e. The second-order valence-corrected chi connectivity index (χ2v) is 3.79. The van der Waals surface area contributed by atoms with Crippen molar-refractivity contribution in [2.45, 2.75) is 26.2 Å². The van der Waals surface area contributed by atoms with Gasteiger partial charge in [-0.1, -0.05) is 19.9 Å². The fourth-order valence-electron chi connectivity index (χ4n) is 1.16. The highest BCUT2D eigenvalue weighted by Crippen LogP contribution is 2.18. The van der Waals surface area contributed by atoms with E-state index in [1.165, 1.54) is 6.07 Å².